The first-order valence-corrected chi connectivity index (χ1v) is 10.6. The Morgan fingerprint density at radius 3 is 2.67 bits per heavy atom. The summed E-state index contributed by atoms with van der Waals surface area (Å²) < 4.78 is 23.2. The van der Waals surface area contributed by atoms with Crippen molar-refractivity contribution in [3.05, 3.63) is 63.3 Å². The molecule has 0 unspecified atom stereocenters. The maximum Gasteiger partial charge on any atom is 0.341 e. The number of fused-ring (bicyclic) bond motifs is 5. The average Bonchev–Trinajstić information content (AvgIpc) is 3.12. The number of carboxylic acids is 1. The predicted octanol–water partition coefficient (Wildman–Crippen LogP) is 5.15. The van der Waals surface area contributed by atoms with Crippen LogP contribution < -0.4 is 5.43 Å². The summed E-state index contributed by atoms with van der Waals surface area (Å²) in [4.78, 5) is 24.2. The van der Waals surface area contributed by atoms with Gasteiger partial charge in [0.15, 0.2) is 11.6 Å². The molecule has 4 rings (SSSR count). The maximum absolute atomic E-state index is 15.5. The Hall–Kier alpha value is -3.68. The molecule has 1 atom stereocenters. The lowest BCUT2D eigenvalue weighted by Gasteiger charge is -2.37. The lowest BCUT2D eigenvalue weighted by Crippen LogP contribution is -2.34. The summed E-state index contributed by atoms with van der Waals surface area (Å²) >= 11 is 0. The van der Waals surface area contributed by atoms with E-state index in [2.05, 4.69) is 11.8 Å². The van der Waals surface area contributed by atoms with Gasteiger partial charge in [-0.3, -0.25) is 9.80 Å². The zero-order valence-corrected chi connectivity index (χ0v) is 19.3. The van der Waals surface area contributed by atoms with Crippen LogP contribution in [0.3, 0.4) is 0 Å². The summed E-state index contributed by atoms with van der Waals surface area (Å²) in [5.74, 6) is -2.32. The predicted molar refractivity (Wildman–Crippen MR) is 126 cm³/mol. The first kappa shape index (κ1) is 22.5. The molecule has 1 aliphatic rings. The molecule has 0 saturated heterocycles. The van der Waals surface area contributed by atoms with Crippen LogP contribution in [0.4, 0.5) is 4.39 Å². The molecular formula is C25H26FN3O4. The molecule has 1 N–H and O–H groups in total. The standard InChI is InChI=1S/C25H26FN3O4/c1-13(11-28(6)27-5)14-8-7-9-15-16-10-18(25(2,3)4)29-12-17(24(31)32)21(30)19(26)20(29)23(16)33-22(14)15/h7-9,11-12,18H,5,10H2,1-4,6H3,(H,31,32)/b13-11+/t18-/m0/s1. The number of benzene rings is 1. The molecule has 0 spiro atoms. The van der Waals surface area contributed by atoms with Crippen LogP contribution in [0, 0.1) is 11.2 Å². The zero-order valence-electron chi connectivity index (χ0n) is 19.3. The van der Waals surface area contributed by atoms with Gasteiger partial charge in [0.25, 0.3) is 0 Å². The number of rotatable bonds is 4. The van der Waals surface area contributed by atoms with Gasteiger partial charge in [-0.1, -0.05) is 39.0 Å². The van der Waals surface area contributed by atoms with Gasteiger partial charge in [-0.25, -0.2) is 9.18 Å². The highest BCUT2D eigenvalue weighted by molar-refractivity contribution is 5.96. The van der Waals surface area contributed by atoms with Crippen LogP contribution in [0.5, 0.6) is 0 Å². The van der Waals surface area contributed by atoms with E-state index in [0.29, 0.717) is 12.0 Å². The minimum atomic E-state index is -1.46. The third-order valence-electron chi connectivity index (χ3n) is 6.20. The Morgan fingerprint density at radius 1 is 1.36 bits per heavy atom. The first-order chi connectivity index (χ1) is 15.5. The number of hydrogen-bond donors (Lipinski definition) is 1. The van der Waals surface area contributed by atoms with Gasteiger partial charge in [0.2, 0.25) is 5.43 Å². The van der Waals surface area contributed by atoms with Crippen LogP contribution in [-0.4, -0.2) is 34.4 Å². The zero-order chi connectivity index (χ0) is 24.2. The number of furan rings is 1. The van der Waals surface area contributed by atoms with Crippen molar-refractivity contribution in [1.82, 2.24) is 9.58 Å². The smallest absolute Gasteiger partial charge is 0.341 e. The fraction of sp³-hybridized carbons (Fsp3) is 0.320. The number of carboxylic acid groups (broad SMARTS) is 1. The minimum absolute atomic E-state index is 0.0140. The molecule has 0 bridgehead atoms. The second-order valence-electron chi connectivity index (χ2n) is 9.45. The van der Waals surface area contributed by atoms with E-state index in [1.54, 1.807) is 22.8 Å². The fourth-order valence-corrected chi connectivity index (χ4v) is 4.50. The number of nitrogens with zero attached hydrogens (tertiary/aromatic N) is 3. The molecule has 172 valence electrons. The van der Waals surface area contributed by atoms with E-state index in [-0.39, 0.29) is 22.9 Å². The highest BCUT2D eigenvalue weighted by Crippen LogP contribution is 2.47. The van der Waals surface area contributed by atoms with E-state index in [0.717, 1.165) is 22.1 Å². The highest BCUT2D eigenvalue weighted by Gasteiger charge is 2.38. The number of hydrogen-bond acceptors (Lipinski definition) is 5. The van der Waals surface area contributed by atoms with Crippen molar-refractivity contribution in [2.24, 2.45) is 10.5 Å². The maximum atomic E-state index is 15.5. The SMILES string of the molecule is C=NN(C)/C=C(\C)c1cccc2c3c(oc12)-c1c(F)c(=O)c(C(=O)O)cn1[C@H](C(C)(C)C)C3. The molecule has 8 heteroatoms. The number of halogens is 1. The molecule has 7 nitrogen and oxygen atoms in total. The lowest BCUT2D eigenvalue weighted by molar-refractivity contribution is 0.0692. The van der Waals surface area contributed by atoms with Crippen molar-refractivity contribution in [3.63, 3.8) is 0 Å². The number of hydrazone groups is 1. The van der Waals surface area contributed by atoms with Gasteiger partial charge in [-0.15, -0.1) is 0 Å². The van der Waals surface area contributed by atoms with E-state index in [4.69, 9.17) is 4.42 Å². The Bertz CT molecular complexity index is 1390. The second kappa shape index (κ2) is 7.72. The van der Waals surface area contributed by atoms with Gasteiger partial charge in [0.1, 0.15) is 16.8 Å². The number of allylic oxidation sites excluding steroid dienone is 1. The molecule has 0 fully saturated rings. The highest BCUT2D eigenvalue weighted by atomic mass is 19.1. The number of pyridine rings is 1. The first-order valence-electron chi connectivity index (χ1n) is 10.6. The van der Waals surface area contributed by atoms with E-state index < -0.39 is 22.8 Å². The van der Waals surface area contributed by atoms with Crippen molar-refractivity contribution in [2.75, 3.05) is 7.05 Å². The van der Waals surface area contributed by atoms with Gasteiger partial charge < -0.3 is 14.1 Å². The van der Waals surface area contributed by atoms with Crippen LogP contribution in [0.25, 0.3) is 28.0 Å². The van der Waals surface area contributed by atoms with Crippen LogP contribution in [0.15, 0.2) is 44.9 Å². The van der Waals surface area contributed by atoms with Crippen molar-refractivity contribution in [2.45, 2.75) is 40.2 Å². The molecule has 0 amide bonds. The number of carbonyl (C=O) groups is 1. The summed E-state index contributed by atoms with van der Waals surface area (Å²) in [7, 11) is 1.76. The van der Waals surface area contributed by atoms with Crippen molar-refractivity contribution in [1.29, 1.82) is 0 Å². The molecule has 1 aliphatic heterocycles. The van der Waals surface area contributed by atoms with Gasteiger partial charge in [-0.2, -0.15) is 5.10 Å². The van der Waals surface area contributed by atoms with Crippen LogP contribution >= 0.6 is 0 Å². The van der Waals surface area contributed by atoms with Crippen LogP contribution in [0.1, 0.15) is 55.2 Å². The normalized spacial score (nSPS) is 15.8. The lowest BCUT2D eigenvalue weighted by atomic mass is 9.79. The number of aromatic nitrogens is 1. The third-order valence-corrected chi connectivity index (χ3v) is 6.20. The quantitative estimate of drug-likeness (QED) is 0.438. The molecule has 0 saturated carbocycles. The monoisotopic (exact) mass is 451 g/mol. The van der Waals surface area contributed by atoms with E-state index >= 15 is 4.39 Å². The summed E-state index contributed by atoms with van der Waals surface area (Å²) in [6.45, 7) is 11.4. The summed E-state index contributed by atoms with van der Waals surface area (Å²) in [5.41, 5.74) is 0.947. The molecule has 2 aromatic heterocycles. The van der Waals surface area contributed by atoms with Crippen molar-refractivity contribution < 1.29 is 18.7 Å². The van der Waals surface area contributed by atoms with Gasteiger partial charge in [0, 0.05) is 48.7 Å². The molecule has 0 aliphatic carbocycles. The Balaban J connectivity index is 2.07. The van der Waals surface area contributed by atoms with Crippen LogP contribution in [0.2, 0.25) is 0 Å². The summed E-state index contributed by atoms with van der Waals surface area (Å²) in [6.07, 6.45) is 3.55. The minimum Gasteiger partial charge on any atom is -0.477 e. The Labute approximate surface area is 190 Å². The van der Waals surface area contributed by atoms with Gasteiger partial charge in [-0.05, 0) is 24.3 Å². The molecule has 3 heterocycles. The molecule has 1 aromatic carbocycles. The van der Waals surface area contributed by atoms with E-state index in [1.807, 2.05) is 45.9 Å². The fourth-order valence-electron chi connectivity index (χ4n) is 4.50. The average molecular weight is 451 g/mol. The molecular weight excluding hydrogens is 425 g/mol. The van der Waals surface area contributed by atoms with Gasteiger partial charge in [0.05, 0.1) is 0 Å². The summed E-state index contributed by atoms with van der Waals surface area (Å²) in [6, 6.07) is 5.44. The van der Waals surface area contributed by atoms with E-state index in [1.165, 1.54) is 6.20 Å². The molecule has 0 radical (unpaired) electrons. The summed E-state index contributed by atoms with van der Waals surface area (Å²) in [5, 5.41) is 15.7. The number of para-hydroxylation sites is 1. The Kier molecular flexibility index (Phi) is 5.27. The van der Waals surface area contributed by atoms with E-state index in [9.17, 15) is 14.7 Å². The largest absolute Gasteiger partial charge is 0.477 e. The van der Waals surface area contributed by atoms with Crippen LogP contribution in [-0.2, 0) is 6.42 Å². The molecule has 33 heavy (non-hydrogen) atoms. The number of aromatic carboxylic acids is 1. The van der Waals surface area contributed by atoms with Crippen molar-refractivity contribution >= 4 is 29.2 Å². The third kappa shape index (κ3) is 3.55. The second-order valence-corrected chi connectivity index (χ2v) is 9.45. The Morgan fingerprint density at radius 2 is 2.06 bits per heavy atom. The molecule has 3 aromatic rings. The van der Waals surface area contributed by atoms with Crippen molar-refractivity contribution in [3.8, 4) is 11.5 Å². The van der Waals surface area contributed by atoms with Gasteiger partial charge >= 0.3 is 5.97 Å². The topological polar surface area (TPSA) is 88.0 Å².